The lowest BCUT2D eigenvalue weighted by molar-refractivity contribution is -0.353. The Morgan fingerprint density at radius 1 is 0.511 bits per heavy atom. The molecule has 0 saturated heterocycles. The summed E-state index contributed by atoms with van der Waals surface area (Å²) in [5.74, 6) is -2.13. The number of carboxylic acids is 1. The Balaban J connectivity index is 1.34. The maximum Gasteiger partial charge on any atom is 0.342 e. The second kappa shape index (κ2) is 23.6. The van der Waals surface area contributed by atoms with Crippen molar-refractivity contribution in [3.8, 4) is 11.5 Å². The third kappa shape index (κ3) is 14.3. The first-order valence-electron chi connectivity index (χ1n) is 28.4. The highest BCUT2D eigenvalue weighted by Gasteiger charge is 2.35. The minimum absolute atomic E-state index is 0.0115. The van der Waals surface area contributed by atoms with Crippen LogP contribution in [-0.2, 0) is 77.9 Å². The van der Waals surface area contributed by atoms with Crippen LogP contribution < -0.4 is 10.3 Å². The molecule has 0 amide bonds. The molecule has 0 radical (unpaired) electrons. The van der Waals surface area contributed by atoms with E-state index >= 15 is 0 Å². The Morgan fingerprint density at radius 3 is 1.35 bits per heavy atom. The number of aromatic hydroxyl groups is 2. The lowest BCUT2D eigenvalue weighted by Crippen LogP contribution is -2.68. The van der Waals surface area contributed by atoms with Crippen LogP contribution in [0.3, 0.4) is 0 Å². The summed E-state index contributed by atoms with van der Waals surface area (Å²) in [7, 11) is -18.4. The van der Waals surface area contributed by atoms with Gasteiger partial charge in [0.1, 0.15) is 22.0 Å². The Morgan fingerprint density at radius 2 is 0.943 bits per heavy atom. The van der Waals surface area contributed by atoms with Gasteiger partial charge in [0.2, 0.25) is 11.4 Å². The molecule has 0 unspecified atom stereocenters. The number of sulfone groups is 2. The van der Waals surface area contributed by atoms with Crippen molar-refractivity contribution in [3.63, 3.8) is 0 Å². The summed E-state index contributed by atoms with van der Waals surface area (Å²) in [5, 5.41) is 37.1. The smallest absolute Gasteiger partial charge is 0.342 e. The normalized spacial score (nSPS) is 15.0. The average molecular weight is 1280 g/mol. The van der Waals surface area contributed by atoms with E-state index in [1.807, 2.05) is 110 Å². The number of allylic oxidation sites excluding steroid dienone is 4. The van der Waals surface area contributed by atoms with Crippen LogP contribution in [-0.4, -0.2) is 69.8 Å². The third-order valence-electron chi connectivity index (χ3n) is 16.1. The number of nitrogens with one attached hydrogen (secondary N) is 2. The van der Waals surface area contributed by atoms with Gasteiger partial charge in [0, 0.05) is 56.4 Å². The van der Waals surface area contributed by atoms with Gasteiger partial charge in [-0.2, -0.15) is 16.8 Å². The molecule has 1 aliphatic carbocycles. The van der Waals surface area contributed by atoms with Crippen LogP contribution in [0.25, 0.3) is 5.57 Å². The number of phenols is 2. The van der Waals surface area contributed by atoms with Gasteiger partial charge >= 0.3 is 5.97 Å². The molecule has 0 aromatic heterocycles. The molecule has 16 nitrogen and oxygen atoms in total. The van der Waals surface area contributed by atoms with Crippen molar-refractivity contribution >= 4 is 74.2 Å². The van der Waals surface area contributed by atoms with E-state index in [1.54, 1.807) is 63.2 Å². The first kappa shape index (κ1) is 68.3. The molecule has 88 heavy (non-hydrogen) atoms. The second-order valence-electron chi connectivity index (χ2n) is 27.1. The van der Waals surface area contributed by atoms with Gasteiger partial charge in [0.25, 0.3) is 20.2 Å². The van der Waals surface area contributed by atoms with Crippen molar-refractivity contribution in [3.05, 3.63) is 186 Å². The molecule has 0 heterocycles. The highest BCUT2D eigenvalue weighted by molar-refractivity contribution is 7.91. The zero-order chi connectivity index (χ0) is 66.3. The van der Waals surface area contributed by atoms with Gasteiger partial charge in [-0.05, 0) is 180 Å². The maximum atomic E-state index is 14.6. The monoisotopic (exact) mass is 1280 g/mol. The minimum Gasteiger partial charge on any atom is -0.507 e. The van der Waals surface area contributed by atoms with Gasteiger partial charge in [0.05, 0.1) is 26.2 Å². The number of hydrogen-bond donors (Lipinski definition) is 7. The molecule has 0 fully saturated rings. The summed E-state index contributed by atoms with van der Waals surface area (Å²) in [6.45, 7) is 33.6. The largest absolute Gasteiger partial charge is 0.507 e. The lowest BCUT2D eigenvalue weighted by atomic mass is 9.79. The summed E-state index contributed by atoms with van der Waals surface area (Å²) in [4.78, 5) is 15.0. The Kier molecular flexibility index (Phi) is 18.3. The van der Waals surface area contributed by atoms with Crippen LogP contribution in [0.15, 0.2) is 128 Å². The minimum atomic E-state index is -5.28. The van der Waals surface area contributed by atoms with Crippen LogP contribution in [0.5, 0.6) is 11.5 Å². The second-order valence-corrected chi connectivity index (χ2v) is 33.9. The van der Waals surface area contributed by atoms with E-state index in [0.29, 0.717) is 78.8 Å². The lowest BCUT2D eigenvalue weighted by Gasteiger charge is -2.28. The predicted octanol–water partition coefficient (Wildman–Crippen LogP) is 12.6. The van der Waals surface area contributed by atoms with Gasteiger partial charge in [-0.3, -0.25) is 9.11 Å². The molecule has 7 rings (SSSR count). The Labute approximate surface area is 519 Å². The van der Waals surface area contributed by atoms with Gasteiger partial charge in [-0.1, -0.05) is 107 Å². The fourth-order valence-corrected chi connectivity index (χ4v) is 15.7. The summed E-state index contributed by atoms with van der Waals surface area (Å²) >= 11 is 0. The molecule has 0 bridgehead atoms. The topological polar surface area (TPSA) is 281 Å². The molecular formula is C68H81N2O14S4+. The van der Waals surface area contributed by atoms with Gasteiger partial charge < -0.3 is 20.6 Å². The SMILES string of the molecule is Cc1cc(C)c(Nc2ccc(C(=C3C=CC(=[NH+]c4c(C)cc(C)c(CS(=O)(=O)c5cc(C(C)(C)C)c(O)c(C(C)(C)C)c5)c4C)C(C(=O)O)=C3)c3ccc(S(=O)(=O)O)cc3S(=O)(=O)O)cc2)c(C)c1CS(=O)(=O)c1cc(C(C)(C)C)c(O)c(C(C)(C)C)c1. The third-order valence-corrected chi connectivity index (χ3v) is 21.1. The summed E-state index contributed by atoms with van der Waals surface area (Å²) in [6, 6.07) is 18.9. The number of rotatable bonds is 14. The van der Waals surface area contributed by atoms with E-state index in [2.05, 4.69) is 10.3 Å². The Hall–Kier alpha value is -7.20. The highest BCUT2D eigenvalue weighted by Crippen LogP contribution is 2.45. The van der Waals surface area contributed by atoms with Crippen molar-refractivity contribution in [2.24, 2.45) is 0 Å². The predicted molar refractivity (Wildman–Crippen MR) is 346 cm³/mol. The fourth-order valence-electron chi connectivity index (χ4n) is 11.2. The van der Waals surface area contributed by atoms with Gasteiger partial charge in [-0.25, -0.2) is 26.6 Å². The van der Waals surface area contributed by atoms with E-state index in [9.17, 15) is 62.9 Å². The number of carboxylic acid groups (broad SMARTS) is 1. The van der Waals surface area contributed by atoms with Gasteiger partial charge in [0.15, 0.2) is 19.7 Å². The van der Waals surface area contributed by atoms with Crippen molar-refractivity contribution in [1.82, 2.24) is 0 Å². The summed E-state index contributed by atoms with van der Waals surface area (Å²) in [6.07, 6.45) is 4.21. The molecule has 6 aromatic carbocycles. The number of carbonyl (C=O) groups is 1. The van der Waals surface area contributed by atoms with Gasteiger partial charge in [-0.15, -0.1) is 0 Å². The molecule has 0 saturated carbocycles. The van der Waals surface area contributed by atoms with Crippen LogP contribution in [0.1, 0.15) is 161 Å². The molecule has 1 aliphatic rings. The van der Waals surface area contributed by atoms with Crippen molar-refractivity contribution < 1.29 is 67.9 Å². The van der Waals surface area contributed by atoms with Crippen molar-refractivity contribution in [2.75, 3.05) is 5.32 Å². The molecule has 7 N–H and O–H groups in total. The summed E-state index contributed by atoms with van der Waals surface area (Å²) < 4.78 is 130. The zero-order valence-electron chi connectivity index (χ0n) is 53.2. The standard InChI is InChI=1S/C68H80N2O14S4/c1-37-27-39(3)60(41(5)51(37)35-85(75,76)47-30-53(65(7,8)9)62(71)54(31-47)66(10,11)12)69-45-22-19-43(20-23-45)59(49-25-24-46(87(79,80)81)34-58(49)88(82,83)84)44-21-26-57(50(29-44)64(73)74)70-61-40(4)28-38(2)52(42(61)6)36-86(77,78)48-32-55(67(13,14)15)63(72)56(33-48)68(16,17)18/h19-34,69,71-72H,35-36H2,1-18H3,(H,73,74)(H,79,80,81)(H,82,83,84)/p+1. The first-order chi connectivity index (χ1) is 40.0. The number of anilines is 2. The molecule has 470 valence electrons. The fraction of sp³-hybridized carbons (Fsp3) is 0.353. The van der Waals surface area contributed by atoms with Crippen LogP contribution >= 0.6 is 0 Å². The highest BCUT2D eigenvalue weighted by atomic mass is 32.2. The van der Waals surface area contributed by atoms with E-state index in [-0.39, 0.29) is 60.6 Å². The number of hydrogen-bond acceptors (Lipinski definition) is 12. The average Bonchev–Trinajstić information content (AvgIpc) is 1.37. The maximum absolute atomic E-state index is 14.6. The number of aliphatic carboxylic acids is 1. The van der Waals surface area contributed by atoms with E-state index in [4.69, 9.17) is 0 Å². The van der Waals surface area contributed by atoms with E-state index in [0.717, 1.165) is 23.3 Å². The van der Waals surface area contributed by atoms with Crippen LogP contribution in [0, 0.1) is 41.5 Å². The molecule has 0 aliphatic heterocycles. The molecule has 0 spiro atoms. The van der Waals surface area contributed by atoms with Crippen molar-refractivity contribution in [2.45, 2.75) is 177 Å². The number of benzene rings is 6. The van der Waals surface area contributed by atoms with E-state index < -0.39 is 83.1 Å². The number of aryl methyl sites for hydroxylation is 4. The number of phenolic OH excluding ortho intramolecular Hbond substituents is 2. The zero-order valence-corrected chi connectivity index (χ0v) is 56.5. The van der Waals surface area contributed by atoms with Crippen molar-refractivity contribution in [1.29, 1.82) is 0 Å². The van der Waals surface area contributed by atoms with Crippen LogP contribution in [0.4, 0.5) is 17.1 Å². The molecule has 20 heteroatoms. The Bertz CT molecular complexity index is 4430. The molecule has 6 aromatic rings. The van der Waals surface area contributed by atoms with E-state index in [1.165, 1.54) is 30.4 Å². The van der Waals surface area contributed by atoms with Crippen LogP contribution in [0.2, 0.25) is 0 Å². The molecule has 0 atom stereocenters. The molecular weight excluding hydrogens is 1200 g/mol. The summed E-state index contributed by atoms with van der Waals surface area (Å²) in [5.41, 5.74) is 5.92. The quantitative estimate of drug-likeness (QED) is 0.0499. The first-order valence-corrected chi connectivity index (χ1v) is 34.6.